The first kappa shape index (κ1) is 24.0. The standard InChI is InChI=1S/C25H21N5O6/c1-34-23(31)18-17(13-8-5-4-6-9-13)15(12-26)22(27)30(21(18)25(33)36-3)16-11-7-10-14-19(16)28-29-20(14)24(32)35-2/h4-11,17H,27H2,1-3H3,(H,28,29). The maximum absolute atomic E-state index is 13.2. The number of carbonyl (C=O) groups is 3. The second-order valence-corrected chi connectivity index (χ2v) is 7.60. The van der Waals surface area contributed by atoms with Crippen LogP contribution < -0.4 is 10.6 Å². The minimum absolute atomic E-state index is 0.00924. The maximum atomic E-state index is 13.2. The molecule has 36 heavy (non-hydrogen) atoms. The lowest BCUT2D eigenvalue weighted by atomic mass is 9.81. The number of benzene rings is 2. The van der Waals surface area contributed by atoms with E-state index in [1.165, 1.54) is 19.1 Å². The van der Waals surface area contributed by atoms with Crippen molar-refractivity contribution in [1.29, 1.82) is 5.26 Å². The van der Waals surface area contributed by atoms with Gasteiger partial charge >= 0.3 is 17.9 Å². The van der Waals surface area contributed by atoms with Crippen LogP contribution in [0.25, 0.3) is 10.9 Å². The summed E-state index contributed by atoms with van der Waals surface area (Å²) < 4.78 is 14.9. The number of ether oxygens (including phenoxy) is 3. The molecule has 182 valence electrons. The zero-order chi connectivity index (χ0) is 26.0. The number of nitrogens with two attached hydrogens (primary N) is 1. The number of allylic oxidation sites excluding steroid dienone is 1. The lowest BCUT2D eigenvalue weighted by Crippen LogP contribution is -2.40. The molecule has 0 radical (unpaired) electrons. The number of nitriles is 1. The molecule has 1 aliphatic rings. The zero-order valence-electron chi connectivity index (χ0n) is 19.6. The predicted octanol–water partition coefficient (Wildman–Crippen LogP) is 2.25. The van der Waals surface area contributed by atoms with Crippen LogP contribution in [-0.4, -0.2) is 49.4 Å². The third-order valence-corrected chi connectivity index (χ3v) is 5.80. The number of esters is 3. The number of H-pyrrole nitrogens is 1. The smallest absolute Gasteiger partial charge is 0.356 e. The zero-order valence-corrected chi connectivity index (χ0v) is 19.6. The van der Waals surface area contributed by atoms with Crippen LogP contribution in [0, 0.1) is 11.3 Å². The third kappa shape index (κ3) is 3.70. The van der Waals surface area contributed by atoms with Crippen molar-refractivity contribution in [3.05, 3.63) is 82.5 Å². The van der Waals surface area contributed by atoms with Crippen LogP contribution in [-0.2, 0) is 23.8 Å². The van der Waals surface area contributed by atoms with Crippen molar-refractivity contribution >= 4 is 34.5 Å². The molecule has 11 heteroatoms. The number of para-hydroxylation sites is 1. The van der Waals surface area contributed by atoms with Gasteiger partial charge in [-0.1, -0.05) is 42.5 Å². The number of hydrogen-bond acceptors (Lipinski definition) is 10. The molecule has 0 aliphatic carbocycles. The normalized spacial score (nSPS) is 15.5. The molecule has 0 fully saturated rings. The first-order chi connectivity index (χ1) is 17.4. The molecule has 1 aromatic heterocycles. The highest BCUT2D eigenvalue weighted by Gasteiger charge is 2.43. The summed E-state index contributed by atoms with van der Waals surface area (Å²) in [5.41, 5.74) is 7.23. The summed E-state index contributed by atoms with van der Waals surface area (Å²) in [5, 5.41) is 17.4. The molecular formula is C25H21N5O6. The summed E-state index contributed by atoms with van der Waals surface area (Å²) in [6, 6.07) is 15.6. The van der Waals surface area contributed by atoms with Gasteiger partial charge in [0, 0.05) is 5.39 Å². The Hall–Kier alpha value is -5.11. The van der Waals surface area contributed by atoms with Crippen molar-refractivity contribution in [3.63, 3.8) is 0 Å². The lowest BCUT2D eigenvalue weighted by Gasteiger charge is -2.35. The first-order valence-corrected chi connectivity index (χ1v) is 10.6. The number of anilines is 1. The van der Waals surface area contributed by atoms with Crippen LogP contribution in [0.3, 0.4) is 0 Å². The molecule has 0 saturated heterocycles. The number of carbonyl (C=O) groups excluding carboxylic acids is 3. The highest BCUT2D eigenvalue weighted by Crippen LogP contribution is 2.44. The second kappa shape index (κ2) is 9.63. The second-order valence-electron chi connectivity index (χ2n) is 7.60. The van der Waals surface area contributed by atoms with Crippen molar-refractivity contribution in [2.45, 2.75) is 5.92 Å². The van der Waals surface area contributed by atoms with Gasteiger partial charge in [-0.25, -0.2) is 14.4 Å². The number of aromatic nitrogens is 2. The Morgan fingerprint density at radius 3 is 2.25 bits per heavy atom. The molecule has 0 spiro atoms. The Morgan fingerprint density at radius 2 is 1.64 bits per heavy atom. The Balaban J connectivity index is 2.10. The summed E-state index contributed by atoms with van der Waals surface area (Å²) in [7, 11) is 3.55. The minimum atomic E-state index is -1.00. The average molecular weight is 487 g/mol. The van der Waals surface area contributed by atoms with Gasteiger partial charge in [0.15, 0.2) is 5.69 Å². The molecule has 1 aliphatic heterocycles. The topological polar surface area (TPSA) is 161 Å². The fourth-order valence-corrected chi connectivity index (χ4v) is 4.22. The van der Waals surface area contributed by atoms with E-state index in [9.17, 15) is 19.6 Å². The third-order valence-electron chi connectivity index (χ3n) is 5.80. The number of rotatable bonds is 5. The SMILES string of the molecule is COC(=O)C1=C(C(=O)OC)N(c2cccc3c(C(=O)OC)[nH]nc23)C(N)=C(C#N)C1c1ccccc1. The van der Waals surface area contributed by atoms with Gasteiger partial charge in [0.2, 0.25) is 0 Å². The molecule has 0 saturated carbocycles. The van der Waals surface area contributed by atoms with E-state index >= 15 is 0 Å². The van der Waals surface area contributed by atoms with E-state index in [0.717, 1.165) is 7.11 Å². The van der Waals surface area contributed by atoms with Crippen LogP contribution in [0.5, 0.6) is 0 Å². The monoisotopic (exact) mass is 487 g/mol. The number of fused-ring (bicyclic) bond motifs is 1. The highest BCUT2D eigenvalue weighted by molar-refractivity contribution is 6.10. The van der Waals surface area contributed by atoms with Gasteiger partial charge in [-0.2, -0.15) is 10.4 Å². The quantitative estimate of drug-likeness (QED) is 0.403. The first-order valence-electron chi connectivity index (χ1n) is 10.6. The van der Waals surface area contributed by atoms with Crippen LogP contribution in [0.2, 0.25) is 0 Å². The predicted molar refractivity (Wildman–Crippen MR) is 127 cm³/mol. The summed E-state index contributed by atoms with van der Waals surface area (Å²) in [4.78, 5) is 39.8. The van der Waals surface area contributed by atoms with E-state index in [-0.39, 0.29) is 39.6 Å². The lowest BCUT2D eigenvalue weighted by molar-refractivity contribution is -0.139. The number of aromatic amines is 1. The molecule has 0 bridgehead atoms. The molecule has 2 aromatic carbocycles. The van der Waals surface area contributed by atoms with E-state index in [1.807, 2.05) is 0 Å². The van der Waals surface area contributed by atoms with E-state index in [4.69, 9.17) is 19.9 Å². The van der Waals surface area contributed by atoms with Crippen molar-refractivity contribution in [2.24, 2.45) is 5.73 Å². The van der Waals surface area contributed by atoms with E-state index in [1.54, 1.807) is 48.5 Å². The van der Waals surface area contributed by atoms with Crippen molar-refractivity contribution in [2.75, 3.05) is 26.2 Å². The van der Waals surface area contributed by atoms with Crippen molar-refractivity contribution in [3.8, 4) is 6.07 Å². The summed E-state index contributed by atoms with van der Waals surface area (Å²) in [6.45, 7) is 0. The Kier molecular flexibility index (Phi) is 6.43. The fourth-order valence-electron chi connectivity index (χ4n) is 4.22. The van der Waals surface area contributed by atoms with Gasteiger partial charge in [0.05, 0.1) is 50.2 Å². The van der Waals surface area contributed by atoms with Crippen molar-refractivity contribution in [1.82, 2.24) is 10.2 Å². The van der Waals surface area contributed by atoms with Gasteiger partial charge in [-0.05, 0) is 11.6 Å². The number of nitrogens with one attached hydrogen (secondary N) is 1. The van der Waals surface area contributed by atoms with Crippen LogP contribution in [0.15, 0.2) is 71.2 Å². The Bertz CT molecular complexity index is 1480. The largest absolute Gasteiger partial charge is 0.466 e. The Labute approximate surface area is 205 Å². The molecule has 0 amide bonds. The number of methoxy groups -OCH3 is 3. The summed E-state index contributed by atoms with van der Waals surface area (Å²) in [5.74, 6) is -3.51. The van der Waals surface area contributed by atoms with E-state index < -0.39 is 23.8 Å². The van der Waals surface area contributed by atoms with Gasteiger partial charge in [-0.15, -0.1) is 0 Å². The van der Waals surface area contributed by atoms with Crippen molar-refractivity contribution < 1.29 is 28.6 Å². The molecular weight excluding hydrogens is 466 g/mol. The Morgan fingerprint density at radius 1 is 0.972 bits per heavy atom. The molecule has 4 rings (SSSR count). The number of nitrogens with zero attached hydrogens (tertiary/aromatic N) is 3. The fraction of sp³-hybridized carbons (Fsp3) is 0.160. The van der Waals surface area contributed by atoms with Crippen LogP contribution in [0.1, 0.15) is 22.0 Å². The molecule has 3 N–H and O–H groups in total. The van der Waals surface area contributed by atoms with Gasteiger partial charge in [0.1, 0.15) is 17.0 Å². The molecule has 3 aromatic rings. The summed E-state index contributed by atoms with van der Waals surface area (Å²) in [6.07, 6.45) is 0. The highest BCUT2D eigenvalue weighted by atomic mass is 16.5. The van der Waals surface area contributed by atoms with E-state index in [0.29, 0.717) is 10.9 Å². The molecule has 1 unspecified atom stereocenters. The maximum Gasteiger partial charge on any atom is 0.356 e. The number of hydrogen-bond donors (Lipinski definition) is 2. The summed E-state index contributed by atoms with van der Waals surface area (Å²) >= 11 is 0. The molecule has 1 atom stereocenters. The van der Waals surface area contributed by atoms with Gasteiger partial charge in [0.25, 0.3) is 0 Å². The molecule has 2 heterocycles. The van der Waals surface area contributed by atoms with E-state index in [2.05, 4.69) is 16.3 Å². The van der Waals surface area contributed by atoms with Crippen LogP contribution in [0.4, 0.5) is 5.69 Å². The minimum Gasteiger partial charge on any atom is -0.466 e. The molecule has 11 nitrogen and oxygen atoms in total. The van der Waals surface area contributed by atoms with Crippen LogP contribution >= 0.6 is 0 Å². The van der Waals surface area contributed by atoms with Gasteiger partial charge < -0.3 is 19.9 Å². The average Bonchev–Trinajstić information content (AvgIpc) is 3.36. The van der Waals surface area contributed by atoms with Gasteiger partial charge in [-0.3, -0.25) is 10.00 Å².